The molecule has 1 fully saturated rings. The Bertz CT molecular complexity index is 345. The third kappa shape index (κ3) is 4.18. The van der Waals surface area contributed by atoms with Crippen LogP contribution in [0.25, 0.3) is 0 Å². The summed E-state index contributed by atoms with van der Waals surface area (Å²) in [6.45, 7) is 8.96. The van der Waals surface area contributed by atoms with E-state index < -0.39 is 0 Å². The molecular formula is C18H34NO+. The molecule has 20 heavy (non-hydrogen) atoms. The summed E-state index contributed by atoms with van der Waals surface area (Å²) < 4.78 is 0.856. The lowest BCUT2D eigenvalue weighted by Crippen LogP contribution is -2.36. The molecule has 116 valence electrons. The van der Waals surface area contributed by atoms with Crippen molar-refractivity contribution in [2.24, 2.45) is 0 Å². The molecule has 0 spiro atoms. The Morgan fingerprint density at radius 2 is 1.50 bits per heavy atom. The second kappa shape index (κ2) is 7.40. The molecule has 0 amide bonds. The molecule has 2 nitrogen and oxygen atoms in total. The maximum Gasteiger partial charge on any atom is 0.224 e. The first-order valence-electron chi connectivity index (χ1n) is 8.41. The molecule has 0 aromatic carbocycles. The summed E-state index contributed by atoms with van der Waals surface area (Å²) in [4.78, 5) is 12.4. The predicted octanol–water partition coefficient (Wildman–Crippen LogP) is 4.49. The smallest absolute Gasteiger partial charge is 0.224 e. The molecule has 2 heteroatoms. The summed E-state index contributed by atoms with van der Waals surface area (Å²) in [5, 5.41) is 0. The second-order valence-corrected chi connectivity index (χ2v) is 7.21. The van der Waals surface area contributed by atoms with Gasteiger partial charge in [0.15, 0.2) is 0 Å². The molecule has 0 aromatic heterocycles. The molecule has 0 aromatic rings. The van der Waals surface area contributed by atoms with Gasteiger partial charge in [-0.25, -0.2) is 0 Å². The summed E-state index contributed by atoms with van der Waals surface area (Å²) in [7, 11) is 4.34. The Hall–Kier alpha value is -0.630. The van der Waals surface area contributed by atoms with Gasteiger partial charge in [-0.3, -0.25) is 4.79 Å². The molecule has 1 atom stereocenters. The lowest BCUT2D eigenvalue weighted by atomic mass is 9.92. The number of rotatable bonds is 11. The van der Waals surface area contributed by atoms with Crippen LogP contribution in [-0.4, -0.2) is 36.4 Å². The number of ketones is 1. The summed E-state index contributed by atoms with van der Waals surface area (Å²) in [6.07, 6.45) is 11.7. The Balaban J connectivity index is 2.23. The van der Waals surface area contributed by atoms with E-state index in [4.69, 9.17) is 0 Å². The maximum absolute atomic E-state index is 12.4. The van der Waals surface area contributed by atoms with Crippen molar-refractivity contribution >= 4 is 5.78 Å². The zero-order valence-electron chi connectivity index (χ0n) is 14.1. The van der Waals surface area contributed by atoms with Crippen molar-refractivity contribution in [2.75, 3.05) is 20.6 Å². The van der Waals surface area contributed by atoms with Crippen molar-refractivity contribution in [3.63, 3.8) is 0 Å². The Morgan fingerprint density at radius 1 is 1.05 bits per heavy atom. The molecular weight excluding hydrogens is 246 g/mol. The second-order valence-electron chi connectivity index (χ2n) is 7.21. The van der Waals surface area contributed by atoms with Crippen LogP contribution < -0.4 is 0 Å². The van der Waals surface area contributed by atoms with Crippen molar-refractivity contribution in [3.05, 3.63) is 12.2 Å². The molecule has 1 heterocycles. The molecule has 1 unspecified atom stereocenters. The fraction of sp³-hybridized carbons (Fsp3) is 0.833. The van der Waals surface area contributed by atoms with E-state index in [2.05, 4.69) is 27.6 Å². The lowest BCUT2D eigenvalue weighted by Gasteiger charge is -2.17. The highest BCUT2D eigenvalue weighted by Gasteiger charge is 2.68. The van der Waals surface area contributed by atoms with Gasteiger partial charge < -0.3 is 4.48 Å². The van der Waals surface area contributed by atoms with E-state index in [0.717, 1.165) is 23.0 Å². The maximum atomic E-state index is 12.4. The third-order valence-electron chi connectivity index (χ3n) is 4.97. The van der Waals surface area contributed by atoms with Crippen LogP contribution in [0.1, 0.15) is 71.6 Å². The molecule has 0 N–H and O–H groups in total. The van der Waals surface area contributed by atoms with Gasteiger partial charge in [-0.15, -0.1) is 0 Å². The van der Waals surface area contributed by atoms with Gasteiger partial charge in [0.1, 0.15) is 6.54 Å². The number of quaternary nitrogens is 1. The van der Waals surface area contributed by atoms with Gasteiger partial charge in [0.2, 0.25) is 11.3 Å². The number of unbranched alkanes of at least 4 members (excludes halogenated alkanes) is 7. The first kappa shape index (κ1) is 17.4. The van der Waals surface area contributed by atoms with Crippen molar-refractivity contribution in [1.82, 2.24) is 0 Å². The molecule has 1 rings (SSSR count). The van der Waals surface area contributed by atoms with Gasteiger partial charge in [0.25, 0.3) is 0 Å². The molecule has 1 aliphatic rings. The van der Waals surface area contributed by atoms with E-state index in [1.807, 2.05) is 6.92 Å². The number of Topliss-reactive ketones (excluding diaryl/α,β-unsaturated/α-hetero) is 1. The van der Waals surface area contributed by atoms with E-state index in [1.54, 1.807) is 0 Å². The zero-order chi connectivity index (χ0) is 15.2. The van der Waals surface area contributed by atoms with E-state index in [0.29, 0.717) is 5.78 Å². The van der Waals surface area contributed by atoms with Gasteiger partial charge in [-0.1, -0.05) is 58.4 Å². The first-order chi connectivity index (χ1) is 9.37. The van der Waals surface area contributed by atoms with Gasteiger partial charge >= 0.3 is 0 Å². The van der Waals surface area contributed by atoms with E-state index >= 15 is 0 Å². The van der Waals surface area contributed by atoms with Crippen LogP contribution in [0, 0.1) is 0 Å². The highest BCUT2D eigenvalue weighted by atomic mass is 16.1. The molecule has 0 aliphatic carbocycles. The highest BCUT2D eigenvalue weighted by molar-refractivity contribution is 6.02. The van der Waals surface area contributed by atoms with E-state index in [9.17, 15) is 4.79 Å². The van der Waals surface area contributed by atoms with Crippen LogP contribution in [0.5, 0.6) is 0 Å². The van der Waals surface area contributed by atoms with Crippen molar-refractivity contribution in [3.8, 4) is 0 Å². The third-order valence-corrected chi connectivity index (χ3v) is 4.97. The molecule has 0 radical (unpaired) electrons. The molecule has 1 saturated heterocycles. The van der Waals surface area contributed by atoms with Gasteiger partial charge in [-0.2, -0.15) is 0 Å². The Labute approximate surface area is 125 Å². The van der Waals surface area contributed by atoms with Crippen LogP contribution >= 0.6 is 0 Å². The first-order valence-corrected chi connectivity index (χ1v) is 8.41. The van der Waals surface area contributed by atoms with Crippen molar-refractivity contribution in [2.45, 2.75) is 77.2 Å². The minimum atomic E-state index is -0.131. The lowest BCUT2D eigenvalue weighted by molar-refractivity contribution is -0.780. The van der Waals surface area contributed by atoms with Crippen LogP contribution in [0.15, 0.2) is 12.2 Å². The fourth-order valence-electron chi connectivity index (χ4n) is 3.41. The van der Waals surface area contributed by atoms with Crippen molar-refractivity contribution in [1.29, 1.82) is 0 Å². The molecule has 0 saturated carbocycles. The van der Waals surface area contributed by atoms with Gasteiger partial charge in [0.05, 0.1) is 14.1 Å². The normalized spacial score (nSPS) is 23.6. The van der Waals surface area contributed by atoms with Crippen molar-refractivity contribution < 1.29 is 9.28 Å². The molecule has 0 bridgehead atoms. The number of hydrogen-bond acceptors (Lipinski definition) is 1. The van der Waals surface area contributed by atoms with Crippen LogP contribution in [0.3, 0.4) is 0 Å². The number of carbonyl (C=O) groups is 1. The van der Waals surface area contributed by atoms with Gasteiger partial charge in [0, 0.05) is 6.42 Å². The zero-order valence-corrected chi connectivity index (χ0v) is 14.1. The SMILES string of the molecule is C=C(C)C(=O)C1(CCCCCCCCCC)C[N+]1(C)C. The Kier molecular flexibility index (Phi) is 6.44. The fourth-order valence-corrected chi connectivity index (χ4v) is 3.41. The Morgan fingerprint density at radius 3 is 1.90 bits per heavy atom. The quantitative estimate of drug-likeness (QED) is 0.236. The number of likely N-dealkylation sites (N-methyl/N-ethyl adjacent to an activating group) is 1. The van der Waals surface area contributed by atoms with Crippen LogP contribution in [0.2, 0.25) is 0 Å². The minimum absolute atomic E-state index is 0.131. The van der Waals surface area contributed by atoms with Crippen LogP contribution in [-0.2, 0) is 4.79 Å². The van der Waals surface area contributed by atoms with E-state index in [1.165, 1.54) is 51.4 Å². The number of hydrogen-bond donors (Lipinski definition) is 0. The average Bonchev–Trinajstić information content (AvgIpc) is 2.94. The average molecular weight is 280 g/mol. The standard InChI is InChI=1S/C18H34NO/c1-6-7-8-9-10-11-12-13-14-18(15-19(18,4)5)17(20)16(2)3/h2,6-15H2,1,3-5H3/q+1. The number of carbonyl (C=O) groups excluding carboxylic acids is 1. The largest absolute Gasteiger partial charge is 0.307 e. The highest BCUT2D eigenvalue weighted by Crippen LogP contribution is 2.45. The van der Waals surface area contributed by atoms with Gasteiger partial charge in [-0.05, 0) is 18.9 Å². The monoisotopic (exact) mass is 280 g/mol. The van der Waals surface area contributed by atoms with Crippen LogP contribution in [0.4, 0.5) is 0 Å². The topological polar surface area (TPSA) is 17.1 Å². The summed E-state index contributed by atoms with van der Waals surface area (Å²) in [5.41, 5.74) is 0.599. The summed E-state index contributed by atoms with van der Waals surface area (Å²) in [6, 6.07) is 0. The summed E-state index contributed by atoms with van der Waals surface area (Å²) >= 11 is 0. The molecule has 1 aliphatic heterocycles. The summed E-state index contributed by atoms with van der Waals surface area (Å²) in [5.74, 6) is 0.297. The minimum Gasteiger partial charge on any atom is -0.307 e. The predicted molar refractivity (Wildman–Crippen MR) is 86.8 cm³/mol. The van der Waals surface area contributed by atoms with E-state index in [-0.39, 0.29) is 5.54 Å². The number of nitrogens with zero attached hydrogens (tertiary/aromatic N) is 1.